The van der Waals surface area contributed by atoms with Crippen molar-refractivity contribution in [1.82, 2.24) is 0 Å². The fourth-order valence-corrected chi connectivity index (χ4v) is 10.6. The van der Waals surface area contributed by atoms with E-state index < -0.39 is 0 Å². The van der Waals surface area contributed by atoms with E-state index in [4.69, 9.17) is 8.83 Å². The van der Waals surface area contributed by atoms with Crippen molar-refractivity contribution < 1.29 is 8.83 Å². The van der Waals surface area contributed by atoms with Crippen LogP contribution < -0.4 is 9.80 Å². The minimum absolute atomic E-state index is 0.278. The number of para-hydroxylation sites is 2. The van der Waals surface area contributed by atoms with Gasteiger partial charge in [-0.05, 0) is 129 Å². The van der Waals surface area contributed by atoms with Gasteiger partial charge >= 0.3 is 0 Å². The molecule has 4 heteroatoms. The van der Waals surface area contributed by atoms with Gasteiger partial charge in [0.15, 0.2) is 0 Å². The molecule has 2 aromatic heterocycles. The first-order chi connectivity index (χ1) is 29.2. The second-order valence-corrected chi connectivity index (χ2v) is 17.8. The third kappa shape index (κ3) is 4.51. The molecule has 0 amide bonds. The van der Waals surface area contributed by atoms with E-state index in [0.29, 0.717) is 0 Å². The van der Waals surface area contributed by atoms with E-state index in [2.05, 4.69) is 207 Å². The number of hydrogen-bond acceptors (Lipinski definition) is 4. The second-order valence-electron chi connectivity index (χ2n) is 17.8. The Bertz CT molecular complexity index is 3370. The number of furan rings is 2. The van der Waals surface area contributed by atoms with Gasteiger partial charge < -0.3 is 18.6 Å². The van der Waals surface area contributed by atoms with Crippen LogP contribution in [0.15, 0.2) is 179 Å². The second kappa shape index (κ2) is 11.7. The van der Waals surface area contributed by atoms with Gasteiger partial charge in [-0.2, -0.15) is 0 Å². The predicted octanol–water partition coefficient (Wildman–Crippen LogP) is 16.0. The highest BCUT2D eigenvalue weighted by atomic mass is 16.3. The Labute approximate surface area is 347 Å². The van der Waals surface area contributed by atoms with Gasteiger partial charge in [0.25, 0.3) is 0 Å². The zero-order chi connectivity index (χ0) is 40.1. The monoisotopic (exact) mass is 772 g/mol. The van der Waals surface area contributed by atoms with Crippen LogP contribution >= 0.6 is 0 Å². The van der Waals surface area contributed by atoms with E-state index in [1.807, 2.05) is 0 Å². The SMILES string of the molecule is CC1(C)c2cc3ccccc3cc2N(c2ccccc2)c2cc3c(cc21)oc1cc2c(cc13)oc1cc3c(cc12)N(c1ccccc1)c1cc2ccccc2cc1C3(C)C. The minimum atomic E-state index is -0.278. The molecule has 286 valence electrons. The number of hydrogen-bond donors (Lipinski definition) is 0. The topological polar surface area (TPSA) is 32.8 Å². The molecule has 0 spiro atoms. The maximum atomic E-state index is 6.89. The van der Waals surface area contributed by atoms with Crippen LogP contribution in [-0.2, 0) is 10.8 Å². The van der Waals surface area contributed by atoms with Gasteiger partial charge in [0, 0.05) is 43.7 Å². The molecule has 0 aliphatic carbocycles. The minimum Gasteiger partial charge on any atom is -0.456 e. The Morgan fingerprint density at radius 2 is 0.617 bits per heavy atom. The highest BCUT2D eigenvalue weighted by Crippen LogP contribution is 2.56. The summed E-state index contributed by atoms with van der Waals surface area (Å²) in [5, 5.41) is 9.19. The highest BCUT2D eigenvalue weighted by Gasteiger charge is 2.40. The average Bonchev–Trinajstić information content (AvgIpc) is 3.80. The molecule has 60 heavy (non-hydrogen) atoms. The summed E-state index contributed by atoms with van der Waals surface area (Å²) < 4.78 is 13.8. The molecule has 0 atom stereocenters. The first-order valence-electron chi connectivity index (χ1n) is 20.9. The Hall–Kier alpha value is -7.30. The molecule has 2 aliphatic rings. The molecule has 0 fully saturated rings. The number of anilines is 6. The van der Waals surface area contributed by atoms with Crippen molar-refractivity contribution in [2.24, 2.45) is 0 Å². The molecular weight excluding hydrogens is 733 g/mol. The van der Waals surface area contributed by atoms with Crippen molar-refractivity contribution >= 4 is 99.5 Å². The normalized spacial score (nSPS) is 15.2. The number of benzene rings is 9. The summed E-state index contributed by atoms with van der Waals surface area (Å²) in [5.41, 5.74) is 15.0. The number of nitrogens with zero attached hydrogens (tertiary/aromatic N) is 2. The average molecular weight is 773 g/mol. The lowest BCUT2D eigenvalue weighted by molar-refractivity contribution is 0.626. The van der Waals surface area contributed by atoms with Gasteiger partial charge in [0.1, 0.15) is 22.3 Å². The first-order valence-corrected chi connectivity index (χ1v) is 20.9. The predicted molar refractivity (Wildman–Crippen MR) is 250 cm³/mol. The van der Waals surface area contributed by atoms with Crippen molar-refractivity contribution in [2.75, 3.05) is 9.80 Å². The maximum Gasteiger partial charge on any atom is 0.136 e. The van der Waals surface area contributed by atoms with E-state index in [0.717, 1.165) is 66.6 Å². The van der Waals surface area contributed by atoms with Crippen LogP contribution in [0, 0.1) is 0 Å². The fraction of sp³-hybridized carbons (Fsp3) is 0.107. The zero-order valence-corrected chi connectivity index (χ0v) is 33.9. The Balaban J connectivity index is 1.04. The molecule has 13 rings (SSSR count). The van der Waals surface area contributed by atoms with E-state index in [9.17, 15) is 0 Å². The number of rotatable bonds is 2. The quantitative estimate of drug-likeness (QED) is 0.175. The van der Waals surface area contributed by atoms with Gasteiger partial charge in [0.2, 0.25) is 0 Å². The Morgan fingerprint density at radius 1 is 0.317 bits per heavy atom. The largest absolute Gasteiger partial charge is 0.456 e. The summed E-state index contributed by atoms with van der Waals surface area (Å²) in [6.45, 7) is 9.38. The number of fused-ring (bicyclic) bond motifs is 12. The van der Waals surface area contributed by atoms with Gasteiger partial charge in [-0.1, -0.05) is 113 Å². The summed E-state index contributed by atoms with van der Waals surface area (Å²) in [4.78, 5) is 4.87. The van der Waals surface area contributed by atoms with Crippen molar-refractivity contribution in [1.29, 1.82) is 0 Å². The Morgan fingerprint density at radius 3 is 1.02 bits per heavy atom. The van der Waals surface area contributed by atoms with Crippen molar-refractivity contribution in [2.45, 2.75) is 38.5 Å². The first kappa shape index (κ1) is 33.6. The smallest absolute Gasteiger partial charge is 0.136 e. The van der Waals surface area contributed by atoms with E-state index >= 15 is 0 Å². The molecular formula is C56H40N2O2. The molecule has 4 nitrogen and oxygen atoms in total. The molecule has 0 saturated heterocycles. The van der Waals surface area contributed by atoms with Crippen molar-refractivity contribution in [3.63, 3.8) is 0 Å². The molecule has 0 bridgehead atoms. The van der Waals surface area contributed by atoms with E-state index in [1.54, 1.807) is 0 Å². The van der Waals surface area contributed by atoms with Gasteiger partial charge in [-0.25, -0.2) is 0 Å². The fourth-order valence-electron chi connectivity index (χ4n) is 10.6. The van der Waals surface area contributed by atoms with Crippen LogP contribution in [0.3, 0.4) is 0 Å². The van der Waals surface area contributed by atoms with Crippen LogP contribution in [-0.4, -0.2) is 0 Å². The Kier molecular flexibility index (Phi) is 6.55. The summed E-state index contributed by atoms with van der Waals surface area (Å²) >= 11 is 0. The van der Waals surface area contributed by atoms with Crippen molar-refractivity contribution in [3.8, 4) is 0 Å². The highest BCUT2D eigenvalue weighted by molar-refractivity contribution is 6.17. The molecule has 0 N–H and O–H groups in total. The van der Waals surface area contributed by atoms with Crippen LogP contribution in [0.25, 0.3) is 65.4 Å². The maximum absolute atomic E-state index is 6.89. The summed E-state index contributed by atoms with van der Waals surface area (Å²) in [5.74, 6) is 0. The standard InChI is InChI=1S/C56H40N2O2/c1-55(2)43-23-33-15-11-13-17-35(33)25-47(43)57(37-19-7-5-8-20-37)49-27-39-41-29-52-42(30-51(41)59-53(39)31-45(49)55)40-28-50-46(32-54(40)60-52)56(3,4)44-24-34-16-12-14-18-36(34)26-48(44)58(50)38-21-9-6-10-22-38/h5-32H,1-4H3. The van der Waals surface area contributed by atoms with Gasteiger partial charge in [0.05, 0.1) is 22.7 Å². The van der Waals surface area contributed by atoms with Crippen molar-refractivity contribution in [3.05, 3.63) is 192 Å². The molecule has 9 aromatic carbocycles. The third-order valence-electron chi connectivity index (χ3n) is 13.7. The summed E-state index contributed by atoms with van der Waals surface area (Å²) in [6, 6.07) is 62.0. The third-order valence-corrected chi connectivity index (χ3v) is 13.7. The van der Waals surface area contributed by atoms with Crippen LogP contribution in [0.1, 0.15) is 49.9 Å². The lowest BCUT2D eigenvalue weighted by Crippen LogP contribution is -2.30. The molecule has 0 radical (unpaired) electrons. The van der Waals surface area contributed by atoms with E-state index in [-0.39, 0.29) is 10.8 Å². The van der Waals surface area contributed by atoms with Crippen LogP contribution in [0.4, 0.5) is 34.1 Å². The summed E-state index contributed by atoms with van der Waals surface area (Å²) in [7, 11) is 0. The summed E-state index contributed by atoms with van der Waals surface area (Å²) in [6.07, 6.45) is 0. The molecule has 0 saturated carbocycles. The molecule has 11 aromatic rings. The van der Waals surface area contributed by atoms with E-state index in [1.165, 1.54) is 55.2 Å². The molecule has 4 heterocycles. The van der Waals surface area contributed by atoms with Crippen LogP contribution in [0.5, 0.6) is 0 Å². The lowest BCUT2D eigenvalue weighted by atomic mass is 9.72. The molecule has 2 aliphatic heterocycles. The van der Waals surface area contributed by atoms with Gasteiger partial charge in [-0.3, -0.25) is 0 Å². The van der Waals surface area contributed by atoms with Gasteiger partial charge in [-0.15, -0.1) is 0 Å². The lowest BCUT2D eigenvalue weighted by Gasteiger charge is -2.42. The molecule has 0 unspecified atom stereocenters. The van der Waals surface area contributed by atoms with Crippen LogP contribution in [0.2, 0.25) is 0 Å². The zero-order valence-electron chi connectivity index (χ0n) is 33.9.